The molecule has 0 heterocycles. The minimum Gasteiger partial charge on any atom is -0.462 e. The molecule has 5 heteroatoms. The van der Waals surface area contributed by atoms with E-state index >= 15 is 0 Å². The maximum Gasteiger partial charge on any atom is 0.306 e. The van der Waals surface area contributed by atoms with Crippen molar-refractivity contribution in [3.8, 4) is 0 Å². The topological polar surface area (TPSA) is 72.8 Å². The molecule has 0 aromatic rings. The third-order valence-corrected chi connectivity index (χ3v) is 6.75. The third-order valence-electron chi connectivity index (χ3n) is 6.75. The fraction of sp³-hybridized carbons (Fsp3) is 0.818. The Labute approximate surface area is 234 Å². The molecule has 0 unspecified atom stereocenters. The van der Waals surface area contributed by atoms with Crippen molar-refractivity contribution in [1.29, 1.82) is 0 Å². The van der Waals surface area contributed by atoms with Crippen LogP contribution < -0.4 is 0 Å². The summed E-state index contributed by atoms with van der Waals surface area (Å²) in [4.78, 5) is 24.0. The van der Waals surface area contributed by atoms with Crippen molar-refractivity contribution in [2.45, 2.75) is 161 Å². The van der Waals surface area contributed by atoms with Gasteiger partial charge in [0.2, 0.25) is 0 Å². The summed E-state index contributed by atoms with van der Waals surface area (Å²) in [6.45, 7) is 4.05. The van der Waals surface area contributed by atoms with E-state index in [4.69, 9.17) is 9.47 Å². The number of hydrogen-bond donors (Lipinski definition) is 1. The monoisotopic (exact) mass is 536 g/mol. The number of esters is 2. The molecule has 0 aromatic heterocycles. The van der Waals surface area contributed by atoms with Crippen LogP contribution in [0.4, 0.5) is 0 Å². The minimum absolute atomic E-state index is 0.0702. The van der Waals surface area contributed by atoms with Crippen LogP contribution in [0.5, 0.6) is 0 Å². The van der Waals surface area contributed by atoms with Crippen LogP contribution >= 0.6 is 0 Å². The quantitative estimate of drug-likeness (QED) is 0.0613. The van der Waals surface area contributed by atoms with E-state index in [1.54, 1.807) is 0 Å². The summed E-state index contributed by atoms with van der Waals surface area (Å²) >= 11 is 0. The van der Waals surface area contributed by atoms with Crippen molar-refractivity contribution in [2.75, 3.05) is 13.2 Å². The second kappa shape index (κ2) is 29.9. The van der Waals surface area contributed by atoms with Gasteiger partial charge >= 0.3 is 11.9 Å². The van der Waals surface area contributed by atoms with Crippen LogP contribution in [0.2, 0.25) is 0 Å². The van der Waals surface area contributed by atoms with Gasteiger partial charge in [-0.25, -0.2) is 0 Å². The molecule has 5 nitrogen and oxygen atoms in total. The second-order valence-electron chi connectivity index (χ2n) is 10.5. The molecule has 0 aliphatic rings. The Morgan fingerprint density at radius 1 is 0.605 bits per heavy atom. The zero-order valence-corrected chi connectivity index (χ0v) is 24.9. The Morgan fingerprint density at radius 2 is 1.08 bits per heavy atom. The molecule has 0 saturated heterocycles. The molecule has 0 spiro atoms. The Kier molecular flexibility index (Phi) is 28.7. The van der Waals surface area contributed by atoms with Gasteiger partial charge in [0.1, 0.15) is 6.61 Å². The van der Waals surface area contributed by atoms with Gasteiger partial charge in [-0.05, 0) is 38.5 Å². The first kappa shape index (κ1) is 36.4. The predicted molar refractivity (Wildman–Crippen MR) is 159 cm³/mol. The lowest BCUT2D eigenvalue weighted by molar-refractivity contribution is -0.161. The summed E-state index contributed by atoms with van der Waals surface area (Å²) in [6.07, 6.45) is 32.2. The highest BCUT2D eigenvalue weighted by atomic mass is 16.6. The third kappa shape index (κ3) is 27.4. The number of carbonyl (C=O) groups excluding carboxylic acids is 2. The van der Waals surface area contributed by atoms with Crippen molar-refractivity contribution in [2.24, 2.45) is 0 Å². The van der Waals surface area contributed by atoms with Gasteiger partial charge < -0.3 is 14.6 Å². The average molecular weight is 537 g/mol. The van der Waals surface area contributed by atoms with E-state index < -0.39 is 6.10 Å². The van der Waals surface area contributed by atoms with Gasteiger partial charge in [-0.3, -0.25) is 9.59 Å². The van der Waals surface area contributed by atoms with Crippen LogP contribution in [0.25, 0.3) is 0 Å². The lowest BCUT2D eigenvalue weighted by Crippen LogP contribution is -2.28. The molecule has 0 amide bonds. The van der Waals surface area contributed by atoms with E-state index in [0.29, 0.717) is 12.8 Å². The standard InChI is InChI=1S/C33H60O5/c1-3-5-7-9-11-13-15-16-17-18-20-21-23-25-27-32(35)37-30-31(29-34)38-33(36)28-26-24-22-19-14-12-10-8-6-4-2/h9,11,15-16,31,34H,3-8,10,12-14,17-30H2,1-2H3/b11-9+,16-15+/t31-/m0/s1. The first-order chi connectivity index (χ1) is 18.6. The first-order valence-electron chi connectivity index (χ1n) is 15.9. The molecule has 38 heavy (non-hydrogen) atoms. The van der Waals surface area contributed by atoms with E-state index in [2.05, 4.69) is 38.2 Å². The van der Waals surface area contributed by atoms with E-state index in [-0.39, 0.29) is 25.2 Å². The zero-order valence-electron chi connectivity index (χ0n) is 24.9. The summed E-state index contributed by atoms with van der Waals surface area (Å²) < 4.78 is 10.5. The van der Waals surface area contributed by atoms with Gasteiger partial charge in [-0.2, -0.15) is 0 Å². The molecule has 1 atom stereocenters. The van der Waals surface area contributed by atoms with Gasteiger partial charge in [-0.15, -0.1) is 0 Å². The van der Waals surface area contributed by atoms with Crippen LogP contribution in [0.3, 0.4) is 0 Å². The van der Waals surface area contributed by atoms with Gasteiger partial charge in [0.15, 0.2) is 6.10 Å². The van der Waals surface area contributed by atoms with Crippen LogP contribution in [0.1, 0.15) is 155 Å². The largest absolute Gasteiger partial charge is 0.462 e. The summed E-state index contributed by atoms with van der Waals surface area (Å²) in [5, 5.41) is 9.47. The molecule has 0 saturated carbocycles. The number of hydrogen-bond acceptors (Lipinski definition) is 5. The van der Waals surface area contributed by atoms with Crippen LogP contribution in [-0.4, -0.2) is 36.4 Å². The first-order valence-corrected chi connectivity index (χ1v) is 15.9. The number of carbonyl (C=O) groups is 2. The number of ether oxygens (including phenoxy) is 2. The normalized spacial score (nSPS) is 12.4. The number of rotatable bonds is 28. The molecule has 0 aliphatic heterocycles. The van der Waals surface area contributed by atoms with Gasteiger partial charge in [0.25, 0.3) is 0 Å². The Balaban J connectivity index is 3.62. The SMILES string of the molecule is CCCC/C=C/C/C=C/CCCCCCCC(=O)OC[C@H](CO)OC(=O)CCCCCCCCCCCC. The number of aliphatic hydroxyl groups excluding tert-OH is 1. The summed E-state index contributed by atoms with van der Waals surface area (Å²) in [7, 11) is 0. The number of aliphatic hydroxyl groups is 1. The van der Waals surface area contributed by atoms with Crippen molar-refractivity contribution >= 4 is 11.9 Å². The van der Waals surface area contributed by atoms with Gasteiger partial charge in [0.05, 0.1) is 6.61 Å². The lowest BCUT2D eigenvalue weighted by Gasteiger charge is -2.15. The molecular weight excluding hydrogens is 476 g/mol. The molecule has 0 bridgehead atoms. The molecule has 0 radical (unpaired) electrons. The highest BCUT2D eigenvalue weighted by Crippen LogP contribution is 2.12. The highest BCUT2D eigenvalue weighted by Gasteiger charge is 2.16. The van der Waals surface area contributed by atoms with E-state index in [9.17, 15) is 14.7 Å². The Hall–Kier alpha value is -1.62. The summed E-state index contributed by atoms with van der Waals surface area (Å²) in [5.74, 6) is -0.609. The Bertz CT molecular complexity index is 584. The minimum atomic E-state index is -0.769. The maximum absolute atomic E-state index is 12.0. The van der Waals surface area contributed by atoms with Gasteiger partial charge in [-0.1, -0.05) is 128 Å². The molecule has 0 aromatic carbocycles. The molecule has 0 fully saturated rings. The van der Waals surface area contributed by atoms with Crippen LogP contribution in [-0.2, 0) is 19.1 Å². The van der Waals surface area contributed by atoms with Gasteiger partial charge in [0, 0.05) is 12.8 Å². The molecule has 1 N–H and O–H groups in total. The lowest BCUT2D eigenvalue weighted by atomic mass is 10.1. The van der Waals surface area contributed by atoms with Crippen molar-refractivity contribution in [3.05, 3.63) is 24.3 Å². The summed E-state index contributed by atoms with van der Waals surface area (Å²) in [6, 6.07) is 0. The van der Waals surface area contributed by atoms with E-state index in [0.717, 1.165) is 51.4 Å². The number of unbranched alkanes of at least 4 members (excludes halogenated alkanes) is 16. The maximum atomic E-state index is 12.0. The van der Waals surface area contributed by atoms with Crippen molar-refractivity contribution < 1.29 is 24.2 Å². The van der Waals surface area contributed by atoms with Crippen LogP contribution in [0, 0.1) is 0 Å². The number of allylic oxidation sites excluding steroid dienone is 4. The van der Waals surface area contributed by atoms with Crippen LogP contribution in [0.15, 0.2) is 24.3 Å². The molecule has 222 valence electrons. The fourth-order valence-electron chi connectivity index (χ4n) is 4.27. The molecule has 0 aliphatic carbocycles. The second-order valence-corrected chi connectivity index (χ2v) is 10.5. The highest BCUT2D eigenvalue weighted by molar-refractivity contribution is 5.70. The summed E-state index contributed by atoms with van der Waals surface area (Å²) in [5.41, 5.74) is 0. The smallest absolute Gasteiger partial charge is 0.306 e. The van der Waals surface area contributed by atoms with E-state index in [1.807, 2.05) is 0 Å². The van der Waals surface area contributed by atoms with E-state index in [1.165, 1.54) is 77.0 Å². The van der Waals surface area contributed by atoms with Crippen molar-refractivity contribution in [3.63, 3.8) is 0 Å². The Morgan fingerprint density at radius 3 is 1.63 bits per heavy atom. The predicted octanol–water partition coefficient (Wildman–Crippen LogP) is 9.17. The molecule has 0 rings (SSSR count). The fourth-order valence-corrected chi connectivity index (χ4v) is 4.27. The zero-order chi connectivity index (χ0) is 27.9. The average Bonchev–Trinajstić information content (AvgIpc) is 2.92. The molecular formula is C33H60O5. The van der Waals surface area contributed by atoms with Crippen molar-refractivity contribution in [1.82, 2.24) is 0 Å².